The summed E-state index contributed by atoms with van der Waals surface area (Å²) in [4.78, 5) is 23.1. The third-order valence-electron chi connectivity index (χ3n) is 3.22. The average molecular weight is 268 g/mol. The van der Waals surface area contributed by atoms with E-state index in [0.717, 1.165) is 0 Å². The van der Waals surface area contributed by atoms with Crippen molar-refractivity contribution in [3.05, 3.63) is 34.9 Å². The Bertz CT molecular complexity index is 537. The highest BCUT2D eigenvalue weighted by molar-refractivity contribution is 6.05. The molecule has 2 rings (SSSR count). The Morgan fingerprint density at radius 1 is 1.47 bits per heavy atom. The first-order valence-electron chi connectivity index (χ1n) is 6.08. The second-order valence-electron chi connectivity index (χ2n) is 4.61. The van der Waals surface area contributed by atoms with E-state index < -0.39 is 30.2 Å². The van der Waals surface area contributed by atoms with Crippen LogP contribution in [-0.2, 0) is 9.53 Å². The summed E-state index contributed by atoms with van der Waals surface area (Å²) in [5, 5.41) is 0. The van der Waals surface area contributed by atoms with Crippen molar-refractivity contribution in [1.82, 2.24) is 0 Å². The third kappa shape index (κ3) is 2.37. The Balaban J connectivity index is 2.49. The molecule has 0 heterocycles. The minimum atomic E-state index is -3.49. The molecule has 1 atom stereocenters. The van der Waals surface area contributed by atoms with E-state index in [1.165, 1.54) is 0 Å². The molecule has 0 N–H and O–H groups in total. The van der Waals surface area contributed by atoms with E-state index in [9.17, 15) is 18.4 Å². The van der Waals surface area contributed by atoms with Gasteiger partial charge in [0.2, 0.25) is 5.78 Å². The van der Waals surface area contributed by atoms with E-state index in [1.807, 2.05) is 0 Å². The quantitative estimate of drug-likeness (QED) is 0.773. The largest absolute Gasteiger partial charge is 0.457 e. The number of hydrogen-bond acceptors (Lipinski definition) is 3. The van der Waals surface area contributed by atoms with Crippen LogP contribution in [0.4, 0.5) is 8.78 Å². The Kier molecular flexibility index (Phi) is 3.39. The first kappa shape index (κ1) is 13.6. The molecule has 0 radical (unpaired) electrons. The third-order valence-corrected chi connectivity index (χ3v) is 3.22. The van der Waals surface area contributed by atoms with Gasteiger partial charge in [0, 0.05) is 17.5 Å². The highest BCUT2D eigenvalue weighted by atomic mass is 19.3. The van der Waals surface area contributed by atoms with Crippen LogP contribution in [0.5, 0.6) is 0 Å². The van der Waals surface area contributed by atoms with E-state index >= 15 is 0 Å². The van der Waals surface area contributed by atoms with Crippen molar-refractivity contribution in [3.63, 3.8) is 0 Å². The minimum absolute atomic E-state index is 0.0207. The molecule has 102 valence electrons. The molecule has 0 aliphatic heterocycles. The van der Waals surface area contributed by atoms with Crippen LogP contribution in [0.15, 0.2) is 18.2 Å². The Morgan fingerprint density at radius 2 is 2.16 bits per heavy atom. The van der Waals surface area contributed by atoms with Gasteiger partial charge in [-0.1, -0.05) is 25.1 Å². The summed E-state index contributed by atoms with van der Waals surface area (Å²) < 4.78 is 32.5. The number of alkyl halides is 2. The number of carbonyl (C=O) groups excluding carboxylic acids is 2. The molecular formula is C14H14F2O3. The molecule has 0 saturated carbocycles. The zero-order chi connectivity index (χ0) is 14.2. The van der Waals surface area contributed by atoms with Crippen molar-refractivity contribution in [2.24, 2.45) is 0 Å². The first-order chi connectivity index (χ1) is 8.86. The van der Waals surface area contributed by atoms with Crippen molar-refractivity contribution in [2.75, 3.05) is 0 Å². The van der Waals surface area contributed by atoms with Gasteiger partial charge in [0.05, 0.1) is 6.42 Å². The predicted molar refractivity (Wildman–Crippen MR) is 64.2 cm³/mol. The number of rotatable bonds is 2. The van der Waals surface area contributed by atoms with E-state index in [1.54, 1.807) is 32.0 Å². The maximum atomic E-state index is 13.7. The Labute approximate surface area is 109 Å². The molecule has 0 amide bonds. The molecule has 5 heteroatoms. The maximum Gasteiger partial charge on any atom is 0.313 e. The van der Waals surface area contributed by atoms with Gasteiger partial charge < -0.3 is 4.74 Å². The molecule has 19 heavy (non-hydrogen) atoms. The standard InChI is InChI=1S/C14H14F2O3/c1-3-11(17)19-10-7-14(15,16)13(18)12-8(2)5-4-6-9(10)12/h4-6,10H,3,7H2,1-2H3. The van der Waals surface area contributed by atoms with Crippen molar-refractivity contribution < 1.29 is 23.1 Å². The molecule has 0 aromatic heterocycles. The molecule has 0 saturated heterocycles. The molecular weight excluding hydrogens is 254 g/mol. The number of hydrogen-bond donors (Lipinski definition) is 0. The van der Waals surface area contributed by atoms with Crippen molar-refractivity contribution in [2.45, 2.75) is 38.7 Å². The first-order valence-corrected chi connectivity index (χ1v) is 6.08. The second kappa shape index (κ2) is 4.72. The van der Waals surface area contributed by atoms with Gasteiger partial charge >= 0.3 is 11.9 Å². The van der Waals surface area contributed by atoms with E-state index in [0.29, 0.717) is 11.1 Å². The summed E-state index contributed by atoms with van der Waals surface area (Å²) in [6.07, 6.45) is -1.74. The van der Waals surface area contributed by atoms with E-state index in [4.69, 9.17) is 4.74 Å². The van der Waals surface area contributed by atoms with Gasteiger partial charge in [0.1, 0.15) is 6.10 Å². The number of benzene rings is 1. The molecule has 0 bridgehead atoms. The smallest absolute Gasteiger partial charge is 0.313 e. The molecule has 0 spiro atoms. The molecule has 1 aliphatic rings. The lowest BCUT2D eigenvalue weighted by molar-refractivity contribution is -0.153. The Hall–Kier alpha value is -1.78. The number of ether oxygens (including phenoxy) is 1. The topological polar surface area (TPSA) is 43.4 Å². The molecule has 1 aliphatic carbocycles. The lowest BCUT2D eigenvalue weighted by Crippen LogP contribution is -2.38. The minimum Gasteiger partial charge on any atom is -0.457 e. The number of fused-ring (bicyclic) bond motifs is 1. The number of halogens is 2. The van der Waals surface area contributed by atoms with E-state index in [-0.39, 0.29) is 12.0 Å². The molecule has 1 unspecified atom stereocenters. The van der Waals surface area contributed by atoms with Crippen LogP contribution in [0.25, 0.3) is 0 Å². The van der Waals surface area contributed by atoms with Crippen LogP contribution in [0.2, 0.25) is 0 Å². The summed E-state index contributed by atoms with van der Waals surface area (Å²) in [6, 6.07) is 4.82. The fourth-order valence-corrected chi connectivity index (χ4v) is 2.23. The van der Waals surface area contributed by atoms with Gasteiger partial charge in [0.25, 0.3) is 0 Å². The van der Waals surface area contributed by atoms with Gasteiger partial charge in [-0.25, -0.2) is 0 Å². The summed E-state index contributed by atoms with van der Waals surface area (Å²) in [5.41, 5.74) is 0.824. The number of carbonyl (C=O) groups is 2. The van der Waals surface area contributed by atoms with Crippen molar-refractivity contribution in [3.8, 4) is 0 Å². The highest BCUT2D eigenvalue weighted by Gasteiger charge is 2.49. The fourth-order valence-electron chi connectivity index (χ4n) is 2.23. The maximum absolute atomic E-state index is 13.7. The monoisotopic (exact) mass is 268 g/mol. The Morgan fingerprint density at radius 3 is 2.79 bits per heavy atom. The van der Waals surface area contributed by atoms with Crippen molar-refractivity contribution >= 4 is 11.8 Å². The molecule has 1 aromatic carbocycles. The zero-order valence-electron chi connectivity index (χ0n) is 10.7. The SMILES string of the molecule is CCC(=O)OC1CC(F)(F)C(=O)c2c(C)cccc21. The van der Waals surface area contributed by atoms with Crippen LogP contribution in [-0.4, -0.2) is 17.7 Å². The number of esters is 1. The molecule has 1 aromatic rings. The normalized spacial score (nSPS) is 20.8. The van der Waals surface area contributed by atoms with Gasteiger partial charge in [-0.15, -0.1) is 0 Å². The van der Waals surface area contributed by atoms with Gasteiger partial charge in [-0.05, 0) is 12.5 Å². The molecule has 0 fully saturated rings. The second-order valence-corrected chi connectivity index (χ2v) is 4.61. The van der Waals surface area contributed by atoms with Crippen LogP contribution in [0.1, 0.15) is 47.4 Å². The zero-order valence-corrected chi connectivity index (χ0v) is 10.7. The van der Waals surface area contributed by atoms with Gasteiger partial charge in [-0.2, -0.15) is 8.78 Å². The summed E-state index contributed by atoms with van der Waals surface area (Å²) in [5.74, 6) is -5.23. The predicted octanol–water partition coefficient (Wildman–Crippen LogP) is 3.21. The summed E-state index contributed by atoms with van der Waals surface area (Å²) in [7, 11) is 0. The number of ketones is 1. The average Bonchev–Trinajstić information content (AvgIpc) is 2.35. The van der Waals surface area contributed by atoms with Crippen LogP contribution < -0.4 is 0 Å². The van der Waals surface area contributed by atoms with Gasteiger partial charge in [0.15, 0.2) is 0 Å². The highest BCUT2D eigenvalue weighted by Crippen LogP contribution is 2.42. The van der Waals surface area contributed by atoms with E-state index in [2.05, 4.69) is 0 Å². The lowest BCUT2D eigenvalue weighted by Gasteiger charge is -2.30. The fraction of sp³-hybridized carbons (Fsp3) is 0.429. The molecule has 3 nitrogen and oxygen atoms in total. The summed E-state index contributed by atoms with van der Waals surface area (Å²) in [6.45, 7) is 3.18. The van der Waals surface area contributed by atoms with Crippen LogP contribution >= 0.6 is 0 Å². The van der Waals surface area contributed by atoms with Crippen LogP contribution in [0.3, 0.4) is 0 Å². The van der Waals surface area contributed by atoms with Crippen LogP contribution in [0, 0.1) is 6.92 Å². The number of Topliss-reactive ketones (excluding diaryl/α,β-unsaturated/α-hetero) is 1. The van der Waals surface area contributed by atoms with Crippen molar-refractivity contribution in [1.29, 1.82) is 0 Å². The lowest BCUT2D eigenvalue weighted by atomic mass is 9.83. The summed E-state index contributed by atoms with van der Waals surface area (Å²) >= 11 is 0. The van der Waals surface area contributed by atoms with Gasteiger partial charge in [-0.3, -0.25) is 9.59 Å². The number of aryl methyl sites for hydroxylation is 1.